The largest absolute Gasteiger partial charge is 0.342 e. The highest BCUT2D eigenvalue weighted by Gasteiger charge is 2.38. The third-order valence-corrected chi connectivity index (χ3v) is 7.03. The first kappa shape index (κ1) is 22.6. The van der Waals surface area contributed by atoms with E-state index in [9.17, 15) is 9.59 Å². The summed E-state index contributed by atoms with van der Waals surface area (Å²) >= 11 is 5.94. The van der Waals surface area contributed by atoms with Crippen LogP contribution >= 0.6 is 11.6 Å². The molecule has 2 amide bonds. The number of halogens is 1. The van der Waals surface area contributed by atoms with Gasteiger partial charge >= 0.3 is 0 Å². The van der Waals surface area contributed by atoms with Crippen molar-refractivity contribution in [2.75, 3.05) is 24.5 Å². The van der Waals surface area contributed by atoms with Crippen LogP contribution in [-0.2, 0) is 16.0 Å². The van der Waals surface area contributed by atoms with Crippen LogP contribution in [0.3, 0.4) is 0 Å². The smallest absolute Gasteiger partial charge is 0.228 e. The summed E-state index contributed by atoms with van der Waals surface area (Å²) in [5.41, 5.74) is 2.88. The number of anilines is 1. The van der Waals surface area contributed by atoms with Crippen LogP contribution in [0.4, 0.5) is 5.69 Å². The Labute approximate surface area is 203 Å². The lowest BCUT2D eigenvalue weighted by molar-refractivity contribution is -0.137. The third kappa shape index (κ3) is 4.85. The third-order valence-electron chi connectivity index (χ3n) is 6.78. The molecule has 7 nitrogen and oxygen atoms in total. The molecule has 1 aromatic heterocycles. The molecule has 176 valence electrons. The minimum Gasteiger partial charge on any atom is -0.342 e. The van der Waals surface area contributed by atoms with E-state index in [0.29, 0.717) is 48.7 Å². The van der Waals surface area contributed by atoms with Crippen LogP contribution in [0, 0.1) is 18.8 Å². The molecule has 8 heteroatoms. The number of carbonyl (C=O) groups is 2. The molecule has 2 aliphatic heterocycles. The molecule has 3 aromatic rings. The van der Waals surface area contributed by atoms with E-state index in [1.54, 1.807) is 17.0 Å². The fourth-order valence-electron chi connectivity index (χ4n) is 4.76. The van der Waals surface area contributed by atoms with Gasteiger partial charge in [-0.15, -0.1) is 0 Å². The first-order chi connectivity index (χ1) is 16.5. The molecule has 0 bridgehead atoms. The van der Waals surface area contributed by atoms with E-state index in [1.807, 2.05) is 48.2 Å². The molecule has 2 saturated heterocycles. The lowest BCUT2D eigenvalue weighted by Gasteiger charge is -2.33. The average Bonchev–Trinajstić information content (AvgIpc) is 3.47. The van der Waals surface area contributed by atoms with Crippen LogP contribution in [0.2, 0.25) is 5.02 Å². The molecule has 2 fully saturated rings. The van der Waals surface area contributed by atoms with Crippen molar-refractivity contribution < 1.29 is 14.1 Å². The van der Waals surface area contributed by atoms with Crippen molar-refractivity contribution in [3.8, 4) is 11.4 Å². The zero-order valence-electron chi connectivity index (χ0n) is 19.1. The number of hydrogen-bond acceptors (Lipinski definition) is 5. The summed E-state index contributed by atoms with van der Waals surface area (Å²) in [5.74, 6) is 1.39. The summed E-state index contributed by atoms with van der Waals surface area (Å²) in [5, 5.41) is 4.76. The van der Waals surface area contributed by atoms with E-state index in [4.69, 9.17) is 16.1 Å². The van der Waals surface area contributed by atoms with Crippen LogP contribution in [0.25, 0.3) is 11.4 Å². The summed E-state index contributed by atoms with van der Waals surface area (Å²) in [7, 11) is 0. The number of nitrogens with zero attached hydrogens (tertiary/aromatic N) is 4. The number of amides is 2. The van der Waals surface area contributed by atoms with E-state index >= 15 is 0 Å². The number of rotatable bonds is 5. The molecule has 5 rings (SSSR count). The van der Waals surface area contributed by atoms with Gasteiger partial charge in [-0.2, -0.15) is 4.98 Å². The molecule has 2 aliphatic rings. The van der Waals surface area contributed by atoms with Gasteiger partial charge in [-0.25, -0.2) is 0 Å². The molecule has 0 N–H and O–H groups in total. The van der Waals surface area contributed by atoms with E-state index in [-0.39, 0.29) is 24.2 Å². The number of aromatic nitrogens is 2. The Bertz CT molecular complexity index is 1170. The van der Waals surface area contributed by atoms with Crippen LogP contribution in [0.5, 0.6) is 0 Å². The molecule has 0 aliphatic carbocycles. The first-order valence-electron chi connectivity index (χ1n) is 11.7. The zero-order chi connectivity index (χ0) is 23.7. The Hall–Kier alpha value is -3.19. The highest BCUT2D eigenvalue weighted by atomic mass is 35.5. The zero-order valence-corrected chi connectivity index (χ0v) is 19.9. The molecule has 1 unspecified atom stereocenters. The number of hydrogen-bond donors (Lipinski definition) is 0. The predicted molar refractivity (Wildman–Crippen MR) is 129 cm³/mol. The summed E-state index contributed by atoms with van der Waals surface area (Å²) in [6.07, 6.45) is 2.74. The van der Waals surface area contributed by atoms with Gasteiger partial charge < -0.3 is 14.3 Å². The maximum atomic E-state index is 13.1. The van der Waals surface area contributed by atoms with Gasteiger partial charge in [0.2, 0.25) is 23.5 Å². The van der Waals surface area contributed by atoms with Gasteiger partial charge in [0.1, 0.15) is 0 Å². The minimum absolute atomic E-state index is 0.0185. The SMILES string of the molecule is Cc1ccc(N2CC(C(=O)N3CCC(Cc4nc(-c5ccc(Cl)cc5)no4)CC3)CC2=O)cc1. The summed E-state index contributed by atoms with van der Waals surface area (Å²) < 4.78 is 5.46. The fraction of sp³-hybridized carbons (Fsp3) is 0.385. The predicted octanol–water partition coefficient (Wildman–Crippen LogP) is 4.53. The molecule has 1 atom stereocenters. The second-order valence-corrected chi connectivity index (χ2v) is 9.67. The second kappa shape index (κ2) is 9.58. The fourth-order valence-corrected chi connectivity index (χ4v) is 4.89. The van der Waals surface area contributed by atoms with Crippen LogP contribution in [0.1, 0.15) is 30.7 Å². The maximum absolute atomic E-state index is 13.1. The first-order valence-corrected chi connectivity index (χ1v) is 12.1. The van der Waals surface area contributed by atoms with Gasteiger partial charge in [0, 0.05) is 48.7 Å². The van der Waals surface area contributed by atoms with E-state index in [2.05, 4.69) is 10.1 Å². The van der Waals surface area contributed by atoms with Gasteiger partial charge in [-0.1, -0.05) is 34.5 Å². The monoisotopic (exact) mass is 478 g/mol. The highest BCUT2D eigenvalue weighted by Crippen LogP contribution is 2.29. The second-order valence-electron chi connectivity index (χ2n) is 9.23. The normalized spacial score (nSPS) is 19.1. The van der Waals surface area contributed by atoms with Gasteiger partial charge in [0.15, 0.2) is 0 Å². The molecule has 0 radical (unpaired) electrons. The Morgan fingerprint density at radius 3 is 2.50 bits per heavy atom. The Balaban J connectivity index is 1.13. The van der Waals surface area contributed by atoms with Crippen molar-refractivity contribution in [3.63, 3.8) is 0 Å². The summed E-state index contributed by atoms with van der Waals surface area (Å²) in [6, 6.07) is 15.2. The number of piperidine rings is 1. The van der Waals surface area contributed by atoms with Gasteiger partial charge in [-0.3, -0.25) is 9.59 Å². The van der Waals surface area contributed by atoms with E-state index in [0.717, 1.165) is 29.7 Å². The van der Waals surface area contributed by atoms with Crippen molar-refractivity contribution in [1.29, 1.82) is 0 Å². The summed E-state index contributed by atoms with van der Waals surface area (Å²) in [4.78, 5) is 33.9. The maximum Gasteiger partial charge on any atom is 0.228 e. The number of benzene rings is 2. The Kier molecular flexibility index (Phi) is 6.37. The Morgan fingerprint density at radius 2 is 1.79 bits per heavy atom. The molecule has 2 aromatic carbocycles. The number of carbonyl (C=O) groups excluding carboxylic acids is 2. The molecule has 3 heterocycles. The highest BCUT2D eigenvalue weighted by molar-refractivity contribution is 6.30. The summed E-state index contributed by atoms with van der Waals surface area (Å²) in [6.45, 7) is 3.85. The van der Waals surface area contributed by atoms with Crippen LogP contribution in [0.15, 0.2) is 53.1 Å². The van der Waals surface area contributed by atoms with Crippen molar-refractivity contribution in [1.82, 2.24) is 15.0 Å². The van der Waals surface area contributed by atoms with Crippen LogP contribution in [-0.4, -0.2) is 46.5 Å². The average molecular weight is 479 g/mol. The van der Waals surface area contributed by atoms with Crippen LogP contribution < -0.4 is 4.90 Å². The number of aryl methyl sites for hydroxylation is 1. The van der Waals surface area contributed by atoms with Gasteiger partial charge in [-0.05, 0) is 62.1 Å². The lowest BCUT2D eigenvalue weighted by atomic mass is 9.92. The van der Waals surface area contributed by atoms with Crippen molar-refractivity contribution in [2.24, 2.45) is 11.8 Å². The van der Waals surface area contributed by atoms with Crippen molar-refractivity contribution in [3.05, 3.63) is 65.0 Å². The topological polar surface area (TPSA) is 79.5 Å². The van der Waals surface area contributed by atoms with E-state index in [1.165, 1.54) is 0 Å². The molecule has 0 saturated carbocycles. The van der Waals surface area contributed by atoms with Gasteiger partial charge in [0.05, 0.1) is 5.92 Å². The molecular formula is C26H27ClN4O3. The van der Waals surface area contributed by atoms with Gasteiger partial charge in [0.25, 0.3) is 0 Å². The quantitative estimate of drug-likeness (QED) is 0.538. The number of likely N-dealkylation sites (tertiary alicyclic amines) is 1. The standard InChI is InChI=1S/C26H27ClN4O3/c1-17-2-8-22(9-3-17)31-16-20(15-24(31)32)26(33)30-12-10-18(11-13-30)14-23-28-25(29-34-23)19-4-6-21(27)7-5-19/h2-9,18,20H,10-16H2,1H3. The van der Waals surface area contributed by atoms with Crippen molar-refractivity contribution >= 4 is 29.1 Å². The molecule has 0 spiro atoms. The Morgan fingerprint density at radius 1 is 1.09 bits per heavy atom. The lowest BCUT2D eigenvalue weighted by Crippen LogP contribution is -2.42. The van der Waals surface area contributed by atoms with E-state index < -0.39 is 0 Å². The molecule has 34 heavy (non-hydrogen) atoms. The minimum atomic E-state index is -0.275. The molecular weight excluding hydrogens is 452 g/mol. The van der Waals surface area contributed by atoms with Crippen molar-refractivity contribution in [2.45, 2.75) is 32.6 Å².